The van der Waals surface area contributed by atoms with Crippen LogP contribution < -0.4 is 10.5 Å². The molecule has 0 saturated carbocycles. The summed E-state index contributed by atoms with van der Waals surface area (Å²) in [5, 5.41) is 3.40. The van der Waals surface area contributed by atoms with Gasteiger partial charge in [0.05, 0.1) is 12.6 Å². The van der Waals surface area contributed by atoms with Gasteiger partial charge in [0, 0.05) is 17.6 Å². The number of hydrogen-bond acceptors (Lipinski definition) is 4. The van der Waals surface area contributed by atoms with Gasteiger partial charge in [-0.15, -0.1) is 4.91 Å². The molecule has 1 aromatic carbocycles. The van der Waals surface area contributed by atoms with Crippen LogP contribution in [0.5, 0.6) is 5.75 Å². The molecule has 0 atom stereocenters. The van der Waals surface area contributed by atoms with Crippen molar-refractivity contribution in [3.8, 4) is 5.75 Å². The molecule has 82 valence electrons. The highest BCUT2D eigenvalue weighted by Gasteiger charge is 2.12. The molecule has 1 aromatic heterocycles. The summed E-state index contributed by atoms with van der Waals surface area (Å²) in [7, 11) is 1.51. The minimum atomic E-state index is -0.673. The van der Waals surface area contributed by atoms with E-state index in [0.29, 0.717) is 16.7 Å². The molecule has 6 heteroatoms. The maximum Gasteiger partial charge on any atom is 0.323 e. The third-order valence-corrected chi connectivity index (χ3v) is 2.33. The van der Waals surface area contributed by atoms with Crippen molar-refractivity contribution in [2.24, 2.45) is 10.9 Å². The third-order valence-electron chi connectivity index (χ3n) is 2.33. The van der Waals surface area contributed by atoms with Crippen LogP contribution in [0.25, 0.3) is 10.9 Å². The lowest BCUT2D eigenvalue weighted by molar-refractivity contribution is 0.251. The summed E-state index contributed by atoms with van der Waals surface area (Å²) in [4.78, 5) is 21.7. The highest BCUT2D eigenvalue weighted by molar-refractivity contribution is 5.98. The number of nitrogens with zero attached hydrogens (tertiary/aromatic N) is 2. The van der Waals surface area contributed by atoms with E-state index in [1.807, 2.05) is 0 Å². The molecule has 0 aliphatic carbocycles. The zero-order chi connectivity index (χ0) is 11.7. The minimum absolute atomic E-state index is 0.177. The van der Waals surface area contributed by atoms with Gasteiger partial charge in [0.15, 0.2) is 0 Å². The Morgan fingerprint density at radius 2 is 2.25 bits per heavy atom. The van der Waals surface area contributed by atoms with Crippen molar-refractivity contribution >= 4 is 22.6 Å². The maximum absolute atomic E-state index is 11.1. The second-order valence-electron chi connectivity index (χ2n) is 3.20. The molecule has 0 bridgehead atoms. The molecule has 0 saturated heterocycles. The zero-order valence-electron chi connectivity index (χ0n) is 8.51. The Morgan fingerprint density at radius 3 is 2.81 bits per heavy atom. The summed E-state index contributed by atoms with van der Waals surface area (Å²) < 4.78 is 6.19. The van der Waals surface area contributed by atoms with Crippen molar-refractivity contribution in [3.63, 3.8) is 0 Å². The first kappa shape index (κ1) is 10.2. The predicted molar refractivity (Wildman–Crippen MR) is 58.9 cm³/mol. The number of nitrogens with two attached hydrogens (primary N) is 1. The summed E-state index contributed by atoms with van der Waals surface area (Å²) in [6, 6.07) is 4.29. The van der Waals surface area contributed by atoms with Gasteiger partial charge in [0.25, 0.3) is 0 Å². The van der Waals surface area contributed by atoms with Crippen LogP contribution in [0.4, 0.5) is 10.5 Å². The van der Waals surface area contributed by atoms with Crippen LogP contribution in [0.1, 0.15) is 0 Å². The number of nitroso groups, excluding NO2 is 1. The molecule has 1 amide bonds. The Morgan fingerprint density at radius 1 is 1.50 bits per heavy atom. The summed E-state index contributed by atoms with van der Waals surface area (Å²) in [5.41, 5.74) is 5.86. The first-order valence-electron chi connectivity index (χ1n) is 4.49. The number of hydrogen-bond donors (Lipinski definition) is 1. The van der Waals surface area contributed by atoms with E-state index < -0.39 is 6.03 Å². The van der Waals surface area contributed by atoms with Crippen LogP contribution in [-0.2, 0) is 0 Å². The second-order valence-corrected chi connectivity index (χ2v) is 3.20. The Kier molecular flexibility index (Phi) is 2.32. The van der Waals surface area contributed by atoms with Gasteiger partial charge in [-0.1, -0.05) is 0 Å². The lowest BCUT2D eigenvalue weighted by Gasteiger charge is -2.01. The summed E-state index contributed by atoms with van der Waals surface area (Å²) in [6.07, 6.45) is 1.30. The van der Waals surface area contributed by atoms with Gasteiger partial charge in [-0.2, -0.15) is 0 Å². The number of methoxy groups -OCH3 is 1. The Hall–Kier alpha value is -2.37. The summed E-state index contributed by atoms with van der Waals surface area (Å²) in [6.45, 7) is 0. The van der Waals surface area contributed by atoms with Gasteiger partial charge >= 0.3 is 6.03 Å². The van der Waals surface area contributed by atoms with E-state index in [0.717, 1.165) is 4.57 Å². The number of amides is 1. The lowest BCUT2D eigenvalue weighted by atomic mass is 10.2. The highest BCUT2D eigenvalue weighted by Crippen LogP contribution is 2.30. The Bertz CT molecular complexity index is 574. The molecule has 1 heterocycles. The Balaban J connectivity index is 2.80. The van der Waals surface area contributed by atoms with Gasteiger partial charge in [-0.05, 0) is 17.3 Å². The number of carbonyl (C=O) groups is 1. The largest absolute Gasteiger partial charge is 0.497 e. The number of fused-ring (bicyclic) bond motifs is 1. The van der Waals surface area contributed by atoms with Crippen molar-refractivity contribution in [1.82, 2.24) is 4.57 Å². The van der Waals surface area contributed by atoms with Gasteiger partial charge < -0.3 is 10.5 Å². The smallest absolute Gasteiger partial charge is 0.323 e. The fourth-order valence-electron chi connectivity index (χ4n) is 1.57. The molecule has 0 unspecified atom stereocenters. The summed E-state index contributed by atoms with van der Waals surface area (Å²) >= 11 is 0. The van der Waals surface area contributed by atoms with Crippen molar-refractivity contribution in [1.29, 1.82) is 0 Å². The monoisotopic (exact) mass is 219 g/mol. The van der Waals surface area contributed by atoms with Crippen LogP contribution in [0.3, 0.4) is 0 Å². The van der Waals surface area contributed by atoms with Gasteiger partial charge in [0.1, 0.15) is 11.4 Å². The molecule has 0 spiro atoms. The number of ether oxygens (including phenoxy) is 1. The molecular formula is C10H9N3O3. The molecule has 2 N–H and O–H groups in total. The van der Waals surface area contributed by atoms with E-state index in [1.54, 1.807) is 18.2 Å². The highest BCUT2D eigenvalue weighted by atomic mass is 16.5. The normalized spacial score (nSPS) is 10.3. The Labute approximate surface area is 90.6 Å². The predicted octanol–water partition coefficient (Wildman–Crippen LogP) is 1.97. The number of primary amides is 1. The summed E-state index contributed by atoms with van der Waals surface area (Å²) in [5.74, 6) is 0.575. The van der Waals surface area contributed by atoms with Crippen LogP contribution in [0.15, 0.2) is 29.6 Å². The van der Waals surface area contributed by atoms with Crippen LogP contribution in [-0.4, -0.2) is 17.7 Å². The number of benzene rings is 1. The topological polar surface area (TPSA) is 86.7 Å². The van der Waals surface area contributed by atoms with Crippen molar-refractivity contribution in [2.75, 3.05) is 7.11 Å². The first-order chi connectivity index (χ1) is 7.67. The number of carbonyl (C=O) groups excluding carboxylic acids is 1. The van der Waals surface area contributed by atoms with Gasteiger partial charge in [0.2, 0.25) is 0 Å². The quantitative estimate of drug-likeness (QED) is 0.783. The van der Waals surface area contributed by atoms with E-state index in [-0.39, 0.29) is 5.69 Å². The maximum atomic E-state index is 11.1. The van der Waals surface area contributed by atoms with Crippen molar-refractivity contribution in [3.05, 3.63) is 29.3 Å². The molecular weight excluding hydrogens is 210 g/mol. The molecule has 0 fully saturated rings. The van der Waals surface area contributed by atoms with Crippen LogP contribution in [0.2, 0.25) is 0 Å². The van der Waals surface area contributed by atoms with E-state index >= 15 is 0 Å². The van der Waals surface area contributed by atoms with E-state index in [1.165, 1.54) is 13.3 Å². The van der Waals surface area contributed by atoms with E-state index in [9.17, 15) is 9.70 Å². The fourth-order valence-corrected chi connectivity index (χ4v) is 1.57. The molecule has 0 radical (unpaired) electrons. The van der Waals surface area contributed by atoms with Crippen molar-refractivity contribution in [2.45, 2.75) is 0 Å². The standard InChI is InChI=1S/C10H9N3O3/c1-16-6-2-3-7-8(12-15)5-13(10(11)14)9(7)4-6/h2-5H,1H3,(H2,11,14). The molecule has 0 aliphatic rings. The van der Waals surface area contributed by atoms with E-state index in [2.05, 4.69) is 5.18 Å². The average molecular weight is 219 g/mol. The number of aromatic nitrogens is 1. The van der Waals surface area contributed by atoms with Crippen LogP contribution in [0, 0.1) is 4.91 Å². The lowest BCUT2D eigenvalue weighted by Crippen LogP contribution is -2.18. The third kappa shape index (κ3) is 1.40. The molecule has 2 aromatic rings. The molecule has 2 rings (SSSR count). The molecule has 0 aliphatic heterocycles. The number of rotatable bonds is 2. The van der Waals surface area contributed by atoms with E-state index in [4.69, 9.17) is 10.5 Å². The minimum Gasteiger partial charge on any atom is -0.497 e. The van der Waals surface area contributed by atoms with Gasteiger partial charge in [-0.25, -0.2) is 4.79 Å². The molecule has 6 nitrogen and oxygen atoms in total. The van der Waals surface area contributed by atoms with Gasteiger partial charge in [-0.3, -0.25) is 4.57 Å². The fraction of sp³-hybridized carbons (Fsp3) is 0.100. The van der Waals surface area contributed by atoms with Crippen LogP contribution >= 0.6 is 0 Å². The average Bonchev–Trinajstić information content (AvgIpc) is 2.66. The second kappa shape index (κ2) is 3.65. The zero-order valence-corrected chi connectivity index (χ0v) is 8.51. The molecule has 16 heavy (non-hydrogen) atoms. The SMILES string of the molecule is COc1ccc2c(N=O)cn(C(N)=O)c2c1. The van der Waals surface area contributed by atoms with Crippen molar-refractivity contribution < 1.29 is 9.53 Å². The first-order valence-corrected chi connectivity index (χ1v) is 4.49.